The first-order valence-electron chi connectivity index (χ1n) is 10.9. The van der Waals surface area contributed by atoms with Gasteiger partial charge in [-0.15, -0.1) is 10.2 Å². The van der Waals surface area contributed by atoms with Gasteiger partial charge in [0.2, 0.25) is 5.91 Å². The van der Waals surface area contributed by atoms with Gasteiger partial charge in [0, 0.05) is 11.5 Å². The summed E-state index contributed by atoms with van der Waals surface area (Å²) in [6, 6.07) is 11.3. The first-order valence-corrected chi connectivity index (χ1v) is 13.1. The second-order valence-corrected chi connectivity index (χ2v) is 10.3. The normalized spacial score (nSPS) is 11.8. The molecule has 0 saturated carbocycles. The minimum atomic E-state index is -0.501. The van der Waals surface area contributed by atoms with Crippen LogP contribution in [0.5, 0.6) is 0 Å². The lowest BCUT2D eigenvalue weighted by atomic mass is 10.2. The van der Waals surface area contributed by atoms with Crippen molar-refractivity contribution >= 4 is 62.8 Å². The topological polar surface area (TPSA) is 115 Å². The number of esters is 1. The fourth-order valence-electron chi connectivity index (χ4n) is 3.16. The second-order valence-electron chi connectivity index (χ2n) is 8.06. The maximum Gasteiger partial charge on any atom is 0.338 e. The van der Waals surface area contributed by atoms with Crippen LogP contribution >= 0.6 is 39.3 Å². The van der Waals surface area contributed by atoms with Crippen LogP contribution in [0.4, 0.5) is 5.69 Å². The molecule has 3 aromatic rings. The standard InChI is InChI=1S/C24H25BrClN5O4S/c1-13(2)35-23(34)15-9-10-18(26)19(11-15)28-20(32)12-36-24-30-29-21(31(24)4)14(3)27-22(33)16-7-5-6-8-17(16)25/h5-11,13-14H,12H2,1-4H3,(H,27,33)(H,28,32). The first kappa shape index (κ1) is 27.7. The number of benzene rings is 2. The molecule has 2 amide bonds. The number of carbonyl (C=O) groups excluding carboxylic acids is 3. The Kier molecular flexibility index (Phi) is 9.52. The van der Waals surface area contributed by atoms with Crippen LogP contribution in [0.2, 0.25) is 5.02 Å². The van der Waals surface area contributed by atoms with E-state index in [2.05, 4.69) is 36.8 Å². The summed E-state index contributed by atoms with van der Waals surface area (Å²) < 4.78 is 7.60. The predicted octanol–water partition coefficient (Wildman–Crippen LogP) is 5.02. The van der Waals surface area contributed by atoms with E-state index in [0.717, 1.165) is 0 Å². The first-order chi connectivity index (χ1) is 17.1. The monoisotopic (exact) mass is 593 g/mol. The summed E-state index contributed by atoms with van der Waals surface area (Å²) >= 11 is 10.7. The van der Waals surface area contributed by atoms with E-state index in [4.69, 9.17) is 16.3 Å². The van der Waals surface area contributed by atoms with Crippen molar-refractivity contribution in [2.75, 3.05) is 11.1 Å². The number of amides is 2. The molecule has 0 fully saturated rings. The Labute approximate surface area is 226 Å². The summed E-state index contributed by atoms with van der Waals surface area (Å²) in [6.45, 7) is 5.31. The largest absolute Gasteiger partial charge is 0.459 e. The van der Waals surface area contributed by atoms with Gasteiger partial charge in [0.05, 0.1) is 39.7 Å². The molecule has 2 aromatic carbocycles. The van der Waals surface area contributed by atoms with Gasteiger partial charge in [-0.05, 0) is 67.0 Å². The number of carbonyl (C=O) groups is 3. The van der Waals surface area contributed by atoms with Crippen LogP contribution in [0.25, 0.3) is 0 Å². The highest BCUT2D eigenvalue weighted by Crippen LogP contribution is 2.25. The molecule has 0 saturated heterocycles. The number of ether oxygens (including phenoxy) is 1. The second kappa shape index (κ2) is 12.4. The molecule has 3 rings (SSSR count). The van der Waals surface area contributed by atoms with Crippen molar-refractivity contribution in [1.82, 2.24) is 20.1 Å². The third-order valence-electron chi connectivity index (χ3n) is 4.87. The Balaban J connectivity index is 1.60. The van der Waals surface area contributed by atoms with Gasteiger partial charge in [-0.3, -0.25) is 9.59 Å². The molecule has 12 heteroatoms. The maximum absolute atomic E-state index is 12.6. The summed E-state index contributed by atoms with van der Waals surface area (Å²) in [7, 11) is 1.76. The molecule has 1 aromatic heterocycles. The molecule has 36 heavy (non-hydrogen) atoms. The minimum Gasteiger partial charge on any atom is -0.459 e. The van der Waals surface area contributed by atoms with Gasteiger partial charge in [0.1, 0.15) is 0 Å². The van der Waals surface area contributed by atoms with Crippen molar-refractivity contribution < 1.29 is 19.1 Å². The Bertz CT molecular complexity index is 1280. The number of hydrogen-bond acceptors (Lipinski definition) is 7. The van der Waals surface area contributed by atoms with Gasteiger partial charge in [-0.25, -0.2) is 4.79 Å². The van der Waals surface area contributed by atoms with Crippen LogP contribution in [0.3, 0.4) is 0 Å². The van der Waals surface area contributed by atoms with Gasteiger partial charge >= 0.3 is 5.97 Å². The molecule has 0 spiro atoms. The average molecular weight is 595 g/mol. The van der Waals surface area contributed by atoms with Crippen LogP contribution in [0.15, 0.2) is 52.1 Å². The summed E-state index contributed by atoms with van der Waals surface area (Å²) in [5, 5.41) is 14.7. The molecule has 0 aliphatic rings. The molecule has 9 nitrogen and oxygen atoms in total. The fourth-order valence-corrected chi connectivity index (χ4v) is 4.51. The van der Waals surface area contributed by atoms with Crippen LogP contribution in [0.1, 0.15) is 53.4 Å². The average Bonchev–Trinajstić information content (AvgIpc) is 3.19. The number of rotatable bonds is 9. The minimum absolute atomic E-state index is 0.0284. The third-order valence-corrected chi connectivity index (χ3v) is 6.91. The van der Waals surface area contributed by atoms with Crippen molar-refractivity contribution in [3.05, 3.63) is 68.9 Å². The van der Waals surface area contributed by atoms with E-state index in [9.17, 15) is 14.4 Å². The van der Waals surface area contributed by atoms with E-state index in [1.807, 2.05) is 6.07 Å². The summed E-state index contributed by atoms with van der Waals surface area (Å²) in [5.41, 5.74) is 1.10. The third kappa shape index (κ3) is 7.08. The molecular weight excluding hydrogens is 570 g/mol. The van der Waals surface area contributed by atoms with Crippen LogP contribution in [-0.2, 0) is 16.6 Å². The van der Waals surface area contributed by atoms with Gasteiger partial charge < -0.3 is 19.9 Å². The van der Waals surface area contributed by atoms with Crippen molar-refractivity contribution in [2.45, 2.75) is 38.1 Å². The van der Waals surface area contributed by atoms with E-state index >= 15 is 0 Å². The zero-order valence-electron chi connectivity index (χ0n) is 20.0. The molecule has 0 radical (unpaired) electrons. The van der Waals surface area contributed by atoms with Gasteiger partial charge in [0.25, 0.3) is 5.91 Å². The van der Waals surface area contributed by atoms with E-state index in [1.54, 1.807) is 50.6 Å². The van der Waals surface area contributed by atoms with Crippen molar-refractivity contribution in [3.8, 4) is 0 Å². The van der Waals surface area contributed by atoms with Crippen molar-refractivity contribution in [1.29, 1.82) is 0 Å². The molecule has 1 atom stereocenters. The molecule has 2 N–H and O–H groups in total. The SMILES string of the molecule is CC(C)OC(=O)c1ccc(Cl)c(NC(=O)CSc2nnc(C(C)NC(=O)c3ccccc3Br)n2C)c1. The van der Waals surface area contributed by atoms with Crippen molar-refractivity contribution in [3.63, 3.8) is 0 Å². The highest BCUT2D eigenvalue weighted by atomic mass is 79.9. The summed E-state index contributed by atoms with van der Waals surface area (Å²) in [6.07, 6.45) is -0.268. The van der Waals surface area contributed by atoms with Crippen LogP contribution < -0.4 is 10.6 Å². The van der Waals surface area contributed by atoms with Crippen LogP contribution in [-0.4, -0.2) is 44.4 Å². The lowest BCUT2D eigenvalue weighted by Gasteiger charge is -2.14. The Morgan fingerprint density at radius 1 is 1.14 bits per heavy atom. The fraction of sp³-hybridized carbons (Fsp3) is 0.292. The molecular formula is C24H25BrClN5O4S. The molecule has 0 bridgehead atoms. The highest BCUT2D eigenvalue weighted by Gasteiger charge is 2.20. The molecule has 0 aliphatic carbocycles. The van der Waals surface area contributed by atoms with Gasteiger partial charge in [0.15, 0.2) is 11.0 Å². The smallest absolute Gasteiger partial charge is 0.338 e. The number of hydrogen-bond donors (Lipinski definition) is 2. The quantitative estimate of drug-likeness (QED) is 0.264. The Hall–Kier alpha value is -2.89. The zero-order valence-corrected chi connectivity index (χ0v) is 23.2. The predicted molar refractivity (Wildman–Crippen MR) is 142 cm³/mol. The van der Waals surface area contributed by atoms with E-state index in [1.165, 1.54) is 30.0 Å². The summed E-state index contributed by atoms with van der Waals surface area (Å²) in [4.78, 5) is 37.3. The number of nitrogens with zero attached hydrogens (tertiary/aromatic N) is 3. The number of aromatic nitrogens is 3. The molecule has 1 heterocycles. The Morgan fingerprint density at radius 2 is 1.86 bits per heavy atom. The Morgan fingerprint density at radius 3 is 2.56 bits per heavy atom. The number of thioether (sulfide) groups is 1. The maximum atomic E-state index is 12.6. The molecule has 0 aliphatic heterocycles. The number of anilines is 1. The zero-order chi connectivity index (χ0) is 26.4. The van der Waals surface area contributed by atoms with E-state index in [-0.39, 0.29) is 29.2 Å². The van der Waals surface area contributed by atoms with Gasteiger partial charge in [-0.1, -0.05) is 35.5 Å². The number of halogens is 2. The van der Waals surface area contributed by atoms with Crippen LogP contribution in [0, 0.1) is 0 Å². The lowest BCUT2D eigenvalue weighted by molar-refractivity contribution is -0.113. The molecule has 1 unspecified atom stereocenters. The van der Waals surface area contributed by atoms with Gasteiger partial charge in [-0.2, -0.15) is 0 Å². The van der Waals surface area contributed by atoms with E-state index < -0.39 is 12.0 Å². The van der Waals surface area contributed by atoms with Crippen molar-refractivity contribution in [2.24, 2.45) is 7.05 Å². The molecule has 190 valence electrons. The summed E-state index contributed by atoms with van der Waals surface area (Å²) in [5.74, 6) is -0.517. The van der Waals surface area contributed by atoms with E-state index in [0.29, 0.717) is 31.7 Å². The highest BCUT2D eigenvalue weighted by molar-refractivity contribution is 9.10. The number of nitrogens with one attached hydrogen (secondary N) is 2. The lowest BCUT2D eigenvalue weighted by Crippen LogP contribution is -2.28.